The number of ether oxygens (including phenoxy) is 1. The minimum Gasteiger partial charge on any atom is -0.394 e. The van der Waals surface area contributed by atoms with Crippen LogP contribution < -0.4 is 5.32 Å². The van der Waals surface area contributed by atoms with Crippen LogP contribution in [-0.4, -0.2) is 35.9 Å². The minimum atomic E-state index is -0.282. The Morgan fingerprint density at radius 3 is 2.86 bits per heavy atom. The van der Waals surface area contributed by atoms with Crippen molar-refractivity contribution in [1.82, 2.24) is 5.32 Å². The molecular formula is C10H17NO3. The van der Waals surface area contributed by atoms with Crippen molar-refractivity contribution in [3.05, 3.63) is 0 Å². The highest BCUT2D eigenvalue weighted by Gasteiger charge is 2.43. The molecule has 4 heteroatoms. The summed E-state index contributed by atoms with van der Waals surface area (Å²) in [6, 6.07) is 0. The van der Waals surface area contributed by atoms with Gasteiger partial charge in [-0.2, -0.15) is 0 Å². The van der Waals surface area contributed by atoms with Crippen LogP contribution in [-0.2, 0) is 9.53 Å². The first-order valence-electron chi connectivity index (χ1n) is 5.28. The van der Waals surface area contributed by atoms with Crippen LogP contribution in [0, 0.1) is 0 Å². The number of aliphatic hydroxyl groups is 1. The summed E-state index contributed by atoms with van der Waals surface area (Å²) in [4.78, 5) is 11.5. The van der Waals surface area contributed by atoms with E-state index in [0.29, 0.717) is 6.42 Å². The van der Waals surface area contributed by atoms with E-state index in [1.165, 1.54) is 0 Å². The van der Waals surface area contributed by atoms with Gasteiger partial charge in [-0.1, -0.05) is 0 Å². The molecule has 0 aromatic rings. The van der Waals surface area contributed by atoms with Crippen LogP contribution in [0.25, 0.3) is 0 Å². The summed E-state index contributed by atoms with van der Waals surface area (Å²) >= 11 is 0. The van der Waals surface area contributed by atoms with E-state index in [2.05, 4.69) is 5.32 Å². The Morgan fingerprint density at radius 1 is 1.57 bits per heavy atom. The fourth-order valence-electron chi connectivity index (χ4n) is 1.83. The lowest BCUT2D eigenvalue weighted by atomic mass is 10.1. The number of hydrogen-bond acceptors (Lipinski definition) is 3. The minimum absolute atomic E-state index is 0.0171. The molecule has 0 bridgehead atoms. The number of hydrogen-bond donors (Lipinski definition) is 2. The molecule has 14 heavy (non-hydrogen) atoms. The monoisotopic (exact) mass is 199 g/mol. The molecule has 80 valence electrons. The predicted octanol–water partition coefficient (Wildman–Crippen LogP) is 0.197. The van der Waals surface area contributed by atoms with Gasteiger partial charge in [0.1, 0.15) is 0 Å². The normalized spacial score (nSPS) is 28.8. The summed E-state index contributed by atoms with van der Waals surface area (Å²) in [5.41, 5.74) is -0.282. The number of carbonyl (C=O) groups is 1. The van der Waals surface area contributed by atoms with E-state index in [4.69, 9.17) is 9.84 Å². The zero-order valence-electron chi connectivity index (χ0n) is 8.29. The van der Waals surface area contributed by atoms with Crippen molar-refractivity contribution < 1.29 is 14.6 Å². The van der Waals surface area contributed by atoms with Gasteiger partial charge in [0.15, 0.2) is 0 Å². The summed E-state index contributed by atoms with van der Waals surface area (Å²) in [6.45, 7) is 0.841. The topological polar surface area (TPSA) is 58.6 Å². The van der Waals surface area contributed by atoms with Crippen molar-refractivity contribution in [2.24, 2.45) is 0 Å². The lowest BCUT2D eigenvalue weighted by molar-refractivity contribution is -0.124. The van der Waals surface area contributed by atoms with Gasteiger partial charge in [-0.3, -0.25) is 4.79 Å². The number of carbonyl (C=O) groups excluding carboxylic acids is 1. The van der Waals surface area contributed by atoms with Crippen LogP contribution in [0.1, 0.15) is 32.1 Å². The maximum atomic E-state index is 11.5. The molecule has 0 aromatic carbocycles. The number of aliphatic hydroxyl groups excluding tert-OH is 1. The number of amides is 1. The highest BCUT2D eigenvalue weighted by Crippen LogP contribution is 2.34. The van der Waals surface area contributed by atoms with Crippen LogP contribution in [0.15, 0.2) is 0 Å². The molecule has 1 saturated carbocycles. The smallest absolute Gasteiger partial charge is 0.223 e. The molecule has 0 radical (unpaired) electrons. The van der Waals surface area contributed by atoms with Gasteiger partial charge in [0.2, 0.25) is 5.91 Å². The Labute approximate surface area is 83.6 Å². The molecule has 1 amide bonds. The Hall–Kier alpha value is -0.610. The lowest BCUT2D eigenvalue weighted by Gasteiger charge is -2.16. The van der Waals surface area contributed by atoms with Crippen LogP contribution >= 0.6 is 0 Å². The SMILES string of the molecule is O=C(CC1CCCO1)NC1(CO)CC1. The average molecular weight is 199 g/mol. The van der Waals surface area contributed by atoms with Gasteiger partial charge < -0.3 is 15.2 Å². The van der Waals surface area contributed by atoms with E-state index in [-0.39, 0.29) is 24.2 Å². The molecule has 2 rings (SSSR count). The molecule has 1 aliphatic heterocycles. The summed E-state index contributed by atoms with van der Waals surface area (Å²) in [7, 11) is 0. The van der Waals surface area contributed by atoms with Gasteiger partial charge in [-0.15, -0.1) is 0 Å². The van der Waals surface area contributed by atoms with Gasteiger partial charge in [0, 0.05) is 6.61 Å². The zero-order valence-corrected chi connectivity index (χ0v) is 8.29. The summed E-state index contributed by atoms with van der Waals surface area (Å²) < 4.78 is 5.37. The summed E-state index contributed by atoms with van der Waals surface area (Å²) in [5.74, 6) is 0.0171. The second kappa shape index (κ2) is 3.87. The maximum Gasteiger partial charge on any atom is 0.223 e. The average Bonchev–Trinajstić information content (AvgIpc) is 2.74. The first-order chi connectivity index (χ1) is 6.74. The van der Waals surface area contributed by atoms with E-state index in [0.717, 1.165) is 32.3 Å². The quantitative estimate of drug-likeness (QED) is 0.680. The van der Waals surface area contributed by atoms with Crippen molar-refractivity contribution in [3.63, 3.8) is 0 Å². The molecule has 1 unspecified atom stereocenters. The third-order valence-corrected chi connectivity index (χ3v) is 3.00. The largest absolute Gasteiger partial charge is 0.394 e. The zero-order chi connectivity index (χ0) is 10.0. The van der Waals surface area contributed by atoms with E-state index in [1.807, 2.05) is 0 Å². The van der Waals surface area contributed by atoms with Gasteiger partial charge >= 0.3 is 0 Å². The van der Waals surface area contributed by atoms with Crippen LogP contribution in [0.5, 0.6) is 0 Å². The highest BCUT2D eigenvalue weighted by atomic mass is 16.5. The molecule has 1 aliphatic carbocycles. The Kier molecular flexibility index (Phi) is 2.74. The first kappa shape index (κ1) is 9.93. The Bertz CT molecular complexity index is 219. The van der Waals surface area contributed by atoms with Crippen LogP contribution in [0.3, 0.4) is 0 Å². The van der Waals surface area contributed by atoms with E-state index < -0.39 is 0 Å². The summed E-state index contributed by atoms with van der Waals surface area (Å²) in [5, 5.41) is 11.9. The van der Waals surface area contributed by atoms with Gasteiger partial charge in [0.05, 0.1) is 24.7 Å². The fourth-order valence-corrected chi connectivity index (χ4v) is 1.83. The third kappa shape index (κ3) is 2.25. The van der Waals surface area contributed by atoms with E-state index in [9.17, 15) is 4.79 Å². The Balaban J connectivity index is 1.73. The van der Waals surface area contributed by atoms with E-state index in [1.54, 1.807) is 0 Å². The van der Waals surface area contributed by atoms with Gasteiger partial charge in [-0.05, 0) is 25.7 Å². The molecule has 2 fully saturated rings. The van der Waals surface area contributed by atoms with Crippen molar-refractivity contribution >= 4 is 5.91 Å². The highest BCUT2D eigenvalue weighted by molar-refractivity contribution is 5.77. The molecule has 2 N–H and O–H groups in total. The maximum absolute atomic E-state index is 11.5. The number of nitrogens with one attached hydrogen (secondary N) is 1. The first-order valence-corrected chi connectivity index (χ1v) is 5.28. The molecular weight excluding hydrogens is 182 g/mol. The molecule has 2 aliphatic rings. The molecule has 0 aromatic heterocycles. The van der Waals surface area contributed by atoms with Crippen molar-refractivity contribution in [1.29, 1.82) is 0 Å². The molecule has 0 spiro atoms. The molecule has 4 nitrogen and oxygen atoms in total. The second-order valence-corrected chi connectivity index (χ2v) is 4.33. The van der Waals surface area contributed by atoms with Crippen LogP contribution in [0.4, 0.5) is 0 Å². The predicted molar refractivity (Wildman–Crippen MR) is 50.8 cm³/mol. The third-order valence-electron chi connectivity index (χ3n) is 3.00. The lowest BCUT2D eigenvalue weighted by Crippen LogP contribution is -2.40. The standard InChI is InChI=1S/C10H17NO3/c12-7-10(3-4-10)11-9(13)6-8-2-1-5-14-8/h8,12H,1-7H2,(H,11,13). The summed E-state index contributed by atoms with van der Waals surface area (Å²) in [6.07, 6.45) is 4.40. The van der Waals surface area contributed by atoms with Crippen LogP contribution in [0.2, 0.25) is 0 Å². The van der Waals surface area contributed by atoms with Crippen molar-refractivity contribution in [2.75, 3.05) is 13.2 Å². The molecule has 1 atom stereocenters. The van der Waals surface area contributed by atoms with E-state index >= 15 is 0 Å². The Morgan fingerprint density at radius 2 is 2.36 bits per heavy atom. The number of rotatable bonds is 4. The van der Waals surface area contributed by atoms with Gasteiger partial charge in [-0.25, -0.2) is 0 Å². The fraction of sp³-hybridized carbons (Fsp3) is 0.900. The molecule has 1 saturated heterocycles. The molecule has 1 heterocycles. The van der Waals surface area contributed by atoms with Crippen molar-refractivity contribution in [2.45, 2.75) is 43.7 Å². The second-order valence-electron chi connectivity index (χ2n) is 4.33. The van der Waals surface area contributed by atoms with Crippen molar-refractivity contribution in [3.8, 4) is 0 Å². The van der Waals surface area contributed by atoms with Gasteiger partial charge in [0.25, 0.3) is 0 Å².